The van der Waals surface area contributed by atoms with Crippen molar-refractivity contribution in [1.29, 1.82) is 0 Å². The number of carbonyl (C=O) groups is 2. The second-order valence-corrected chi connectivity index (χ2v) is 9.33. The minimum atomic E-state index is -3.39. The molecule has 0 spiro atoms. The van der Waals surface area contributed by atoms with Crippen LogP contribution in [0.1, 0.15) is 34.0 Å². The molecule has 1 aliphatic rings. The van der Waals surface area contributed by atoms with Gasteiger partial charge in [0.2, 0.25) is 10.0 Å². The number of anilines is 1. The lowest BCUT2D eigenvalue weighted by Crippen LogP contribution is -2.43. The molecule has 8 nitrogen and oxygen atoms in total. The van der Waals surface area contributed by atoms with E-state index in [-0.39, 0.29) is 12.6 Å². The van der Waals surface area contributed by atoms with Crippen LogP contribution in [0.15, 0.2) is 36.4 Å². The standard InChI is InChI=1S/C21H25N3O5S/c1-13-6-5-7-14(2)20(13)29-12-19(25)22-23-21(26)16-8-9-18-17(11-16)10-15(3)24(18)30(4,27)28/h5-9,11,15H,10,12H2,1-4H3,(H,22,25)(H,23,26). The third-order valence-corrected chi connectivity index (χ3v) is 6.20. The van der Waals surface area contributed by atoms with E-state index in [9.17, 15) is 18.0 Å². The topological polar surface area (TPSA) is 105 Å². The van der Waals surface area contributed by atoms with E-state index < -0.39 is 21.8 Å². The van der Waals surface area contributed by atoms with Crippen LogP contribution >= 0.6 is 0 Å². The van der Waals surface area contributed by atoms with Gasteiger partial charge in [-0.3, -0.25) is 24.7 Å². The summed E-state index contributed by atoms with van der Waals surface area (Å²) < 4.78 is 30.9. The van der Waals surface area contributed by atoms with Crippen molar-refractivity contribution in [1.82, 2.24) is 10.9 Å². The summed E-state index contributed by atoms with van der Waals surface area (Å²) in [5.41, 5.74) is 8.20. The summed E-state index contributed by atoms with van der Waals surface area (Å²) in [6, 6.07) is 10.3. The average Bonchev–Trinajstić information content (AvgIpc) is 3.00. The number of hydrogen-bond acceptors (Lipinski definition) is 5. The lowest BCUT2D eigenvalue weighted by molar-refractivity contribution is -0.123. The highest BCUT2D eigenvalue weighted by Crippen LogP contribution is 2.34. The first kappa shape index (κ1) is 21.6. The van der Waals surface area contributed by atoms with Crippen LogP contribution in [0.5, 0.6) is 5.75 Å². The lowest BCUT2D eigenvalue weighted by Gasteiger charge is -2.21. The highest BCUT2D eigenvalue weighted by Gasteiger charge is 2.32. The predicted molar refractivity (Wildman–Crippen MR) is 114 cm³/mol. The maximum atomic E-state index is 12.4. The lowest BCUT2D eigenvalue weighted by atomic mass is 10.1. The van der Waals surface area contributed by atoms with E-state index in [1.165, 1.54) is 10.4 Å². The van der Waals surface area contributed by atoms with E-state index in [0.717, 1.165) is 22.9 Å². The number of fused-ring (bicyclic) bond motifs is 1. The Morgan fingerprint density at radius 2 is 1.80 bits per heavy atom. The Balaban J connectivity index is 1.59. The fraction of sp³-hybridized carbons (Fsp3) is 0.333. The van der Waals surface area contributed by atoms with Gasteiger partial charge in [0.25, 0.3) is 11.8 Å². The summed E-state index contributed by atoms with van der Waals surface area (Å²) in [4.78, 5) is 24.4. The van der Waals surface area contributed by atoms with Crippen molar-refractivity contribution in [3.05, 3.63) is 58.7 Å². The van der Waals surface area contributed by atoms with E-state index in [2.05, 4.69) is 10.9 Å². The van der Waals surface area contributed by atoms with Gasteiger partial charge in [0.15, 0.2) is 6.61 Å². The number of carbonyl (C=O) groups excluding carboxylic acids is 2. The molecule has 2 amide bonds. The SMILES string of the molecule is Cc1cccc(C)c1OCC(=O)NNC(=O)c1ccc2c(c1)CC(C)N2S(C)(=O)=O. The number of rotatable bonds is 5. The molecule has 0 radical (unpaired) electrons. The third kappa shape index (κ3) is 4.56. The van der Waals surface area contributed by atoms with Gasteiger partial charge in [-0.1, -0.05) is 18.2 Å². The van der Waals surface area contributed by atoms with Crippen LogP contribution in [-0.4, -0.2) is 39.1 Å². The monoisotopic (exact) mass is 431 g/mol. The first-order valence-electron chi connectivity index (χ1n) is 9.48. The van der Waals surface area contributed by atoms with Gasteiger partial charge < -0.3 is 4.74 Å². The summed E-state index contributed by atoms with van der Waals surface area (Å²) in [6.07, 6.45) is 1.68. The van der Waals surface area contributed by atoms with Crippen LogP contribution in [0.4, 0.5) is 5.69 Å². The smallest absolute Gasteiger partial charge is 0.276 e. The van der Waals surface area contributed by atoms with Gasteiger partial charge in [0, 0.05) is 11.6 Å². The van der Waals surface area contributed by atoms with E-state index in [1.54, 1.807) is 12.1 Å². The highest BCUT2D eigenvalue weighted by atomic mass is 32.2. The quantitative estimate of drug-likeness (QED) is 0.703. The van der Waals surface area contributed by atoms with Gasteiger partial charge in [-0.05, 0) is 62.1 Å². The van der Waals surface area contributed by atoms with Crippen LogP contribution < -0.4 is 19.9 Å². The van der Waals surface area contributed by atoms with E-state index in [0.29, 0.717) is 23.4 Å². The number of para-hydroxylation sites is 1. The van der Waals surface area contributed by atoms with Crippen LogP contribution in [0.3, 0.4) is 0 Å². The Kier molecular flexibility index (Phi) is 6.02. The number of benzene rings is 2. The molecule has 1 aliphatic heterocycles. The first-order valence-corrected chi connectivity index (χ1v) is 11.3. The van der Waals surface area contributed by atoms with Crippen molar-refractivity contribution in [3.63, 3.8) is 0 Å². The molecule has 0 saturated carbocycles. The molecule has 30 heavy (non-hydrogen) atoms. The molecular formula is C21H25N3O5S. The van der Waals surface area contributed by atoms with Gasteiger partial charge in [0.05, 0.1) is 11.9 Å². The number of nitrogens with one attached hydrogen (secondary N) is 2. The molecule has 2 aromatic carbocycles. The van der Waals surface area contributed by atoms with Crippen LogP contribution in [-0.2, 0) is 21.2 Å². The van der Waals surface area contributed by atoms with E-state index in [4.69, 9.17) is 4.74 Å². The molecule has 1 unspecified atom stereocenters. The molecule has 2 aromatic rings. The molecule has 1 atom stereocenters. The highest BCUT2D eigenvalue weighted by molar-refractivity contribution is 7.92. The molecule has 0 saturated heterocycles. The second kappa shape index (κ2) is 8.35. The van der Waals surface area contributed by atoms with Crippen molar-refractivity contribution < 1.29 is 22.7 Å². The molecule has 160 valence electrons. The molecule has 9 heteroatoms. The van der Waals surface area contributed by atoms with Gasteiger partial charge >= 0.3 is 0 Å². The summed E-state index contributed by atoms with van der Waals surface area (Å²) in [7, 11) is -3.39. The molecule has 3 rings (SSSR count). The zero-order valence-electron chi connectivity index (χ0n) is 17.4. The zero-order chi connectivity index (χ0) is 22.1. The summed E-state index contributed by atoms with van der Waals surface area (Å²) >= 11 is 0. The Hall–Kier alpha value is -3.07. The Morgan fingerprint density at radius 3 is 2.43 bits per heavy atom. The van der Waals surface area contributed by atoms with Crippen molar-refractivity contribution >= 4 is 27.5 Å². The van der Waals surface area contributed by atoms with Gasteiger partial charge in [-0.2, -0.15) is 0 Å². The van der Waals surface area contributed by atoms with Crippen LogP contribution in [0.25, 0.3) is 0 Å². The molecule has 1 heterocycles. The normalized spacial score (nSPS) is 15.5. The molecule has 0 aliphatic carbocycles. The Morgan fingerprint density at radius 1 is 1.13 bits per heavy atom. The minimum Gasteiger partial charge on any atom is -0.483 e. The number of sulfonamides is 1. The molecule has 0 bridgehead atoms. The van der Waals surface area contributed by atoms with Gasteiger partial charge in [0.1, 0.15) is 5.75 Å². The number of nitrogens with zero attached hydrogens (tertiary/aromatic N) is 1. The van der Waals surface area contributed by atoms with Crippen molar-refractivity contribution in [2.45, 2.75) is 33.2 Å². The van der Waals surface area contributed by atoms with Crippen molar-refractivity contribution in [2.75, 3.05) is 17.2 Å². The first-order chi connectivity index (χ1) is 14.1. The Labute approximate surface area is 176 Å². The number of hydrogen-bond donors (Lipinski definition) is 2. The number of ether oxygens (including phenoxy) is 1. The van der Waals surface area contributed by atoms with Gasteiger partial charge in [-0.15, -0.1) is 0 Å². The molecule has 0 fully saturated rings. The maximum absolute atomic E-state index is 12.4. The average molecular weight is 432 g/mol. The fourth-order valence-corrected chi connectivity index (χ4v) is 4.91. The number of aryl methyl sites for hydroxylation is 2. The van der Waals surface area contributed by atoms with Gasteiger partial charge in [-0.25, -0.2) is 8.42 Å². The second-order valence-electron chi connectivity index (χ2n) is 7.47. The Bertz CT molecular complexity index is 1080. The summed E-state index contributed by atoms with van der Waals surface area (Å²) in [6.45, 7) is 5.36. The third-order valence-electron chi connectivity index (χ3n) is 4.92. The number of hydrazine groups is 1. The maximum Gasteiger partial charge on any atom is 0.276 e. The zero-order valence-corrected chi connectivity index (χ0v) is 18.2. The molecule has 0 aromatic heterocycles. The minimum absolute atomic E-state index is 0.213. The molecular weight excluding hydrogens is 406 g/mol. The summed E-state index contributed by atoms with van der Waals surface area (Å²) in [5.74, 6) is -0.352. The van der Waals surface area contributed by atoms with Crippen molar-refractivity contribution in [2.24, 2.45) is 0 Å². The van der Waals surface area contributed by atoms with Crippen molar-refractivity contribution in [3.8, 4) is 5.75 Å². The predicted octanol–water partition coefficient (Wildman–Crippen LogP) is 1.85. The fourth-order valence-electron chi connectivity index (χ4n) is 3.65. The number of amides is 2. The van der Waals surface area contributed by atoms with Crippen LogP contribution in [0.2, 0.25) is 0 Å². The molecule has 2 N–H and O–H groups in total. The van der Waals surface area contributed by atoms with E-state index >= 15 is 0 Å². The summed E-state index contributed by atoms with van der Waals surface area (Å²) in [5, 5.41) is 0. The van der Waals surface area contributed by atoms with Crippen LogP contribution in [0, 0.1) is 13.8 Å². The largest absolute Gasteiger partial charge is 0.483 e. The van der Waals surface area contributed by atoms with E-state index in [1.807, 2.05) is 39.0 Å².